The molecule has 1 saturated heterocycles. The fourth-order valence-corrected chi connectivity index (χ4v) is 4.48. The molecule has 2 unspecified atom stereocenters. The van der Waals surface area contributed by atoms with E-state index in [9.17, 15) is 8.42 Å². The van der Waals surface area contributed by atoms with Gasteiger partial charge in [-0.15, -0.1) is 0 Å². The average molecular weight is 438 g/mol. The molecule has 1 heterocycles. The van der Waals surface area contributed by atoms with E-state index >= 15 is 0 Å². The van der Waals surface area contributed by atoms with E-state index in [4.69, 9.17) is 4.99 Å². The second kappa shape index (κ2) is 12.3. The smallest absolute Gasteiger partial charge is 0.191 e. The van der Waals surface area contributed by atoms with Crippen LogP contribution >= 0.6 is 0 Å². The number of guanidine groups is 1. The fourth-order valence-electron chi connectivity index (χ4n) is 3.70. The van der Waals surface area contributed by atoms with Gasteiger partial charge in [0.1, 0.15) is 9.84 Å². The van der Waals surface area contributed by atoms with E-state index in [0.717, 1.165) is 51.6 Å². The van der Waals surface area contributed by atoms with Crippen LogP contribution in [0.1, 0.15) is 38.3 Å². The molecule has 0 aromatic heterocycles. The lowest BCUT2D eigenvalue weighted by Crippen LogP contribution is -2.47. The normalized spacial score (nSPS) is 20.1. The molecule has 1 aliphatic rings. The summed E-state index contributed by atoms with van der Waals surface area (Å²) in [5, 5.41) is 6.58. The number of hydrogen-bond donors (Lipinski definition) is 2. The van der Waals surface area contributed by atoms with Gasteiger partial charge in [-0.1, -0.05) is 30.3 Å². The molecule has 7 nitrogen and oxygen atoms in total. The molecule has 2 atom stereocenters. The molecule has 1 aromatic carbocycles. The number of hydrogen-bond acceptors (Lipinski definition) is 5. The van der Waals surface area contributed by atoms with Gasteiger partial charge in [0, 0.05) is 57.6 Å². The molecule has 0 radical (unpaired) electrons. The molecule has 1 aromatic rings. The van der Waals surface area contributed by atoms with Crippen LogP contribution < -0.4 is 10.6 Å². The Morgan fingerprint density at radius 2 is 2.00 bits per heavy atom. The lowest BCUT2D eigenvalue weighted by molar-refractivity contribution is 0.0894. The molecular weight excluding hydrogens is 398 g/mol. The molecule has 30 heavy (non-hydrogen) atoms. The quantitative estimate of drug-likeness (QED) is 0.330. The van der Waals surface area contributed by atoms with E-state index in [-0.39, 0.29) is 11.8 Å². The minimum atomic E-state index is -2.94. The monoisotopic (exact) mass is 437 g/mol. The number of nitrogens with zero attached hydrogens (tertiary/aromatic N) is 3. The first kappa shape index (κ1) is 24.6. The maximum Gasteiger partial charge on any atom is 0.191 e. The fraction of sp³-hybridized carbons (Fsp3) is 0.682. The van der Waals surface area contributed by atoms with Gasteiger partial charge in [-0.3, -0.25) is 9.89 Å². The first-order chi connectivity index (χ1) is 14.3. The van der Waals surface area contributed by atoms with Gasteiger partial charge in [-0.25, -0.2) is 8.42 Å². The summed E-state index contributed by atoms with van der Waals surface area (Å²) in [6.07, 6.45) is 2.84. The zero-order chi connectivity index (χ0) is 22.0. The Hall–Kier alpha value is -1.64. The maximum atomic E-state index is 11.4. The average Bonchev–Trinajstić information content (AvgIpc) is 2.70. The zero-order valence-electron chi connectivity index (χ0n) is 19.0. The van der Waals surface area contributed by atoms with Crippen LogP contribution in [0.2, 0.25) is 0 Å². The summed E-state index contributed by atoms with van der Waals surface area (Å²) >= 11 is 0. The van der Waals surface area contributed by atoms with E-state index in [0.29, 0.717) is 12.5 Å². The van der Waals surface area contributed by atoms with Gasteiger partial charge in [0.25, 0.3) is 0 Å². The lowest BCUT2D eigenvalue weighted by Gasteiger charge is -2.40. The molecule has 0 saturated carbocycles. The SMILES string of the molecule is CCNC(=NCCCN1CCN(C)CC1c1ccccc1)NC(C)CCS(C)(=O)=O. The molecule has 0 bridgehead atoms. The molecule has 170 valence electrons. The number of piperazine rings is 1. The minimum Gasteiger partial charge on any atom is -0.357 e. The molecule has 2 N–H and O–H groups in total. The van der Waals surface area contributed by atoms with Crippen molar-refractivity contribution in [2.45, 2.75) is 38.8 Å². The van der Waals surface area contributed by atoms with Crippen molar-refractivity contribution in [2.24, 2.45) is 4.99 Å². The number of rotatable bonds is 10. The molecule has 0 aliphatic carbocycles. The van der Waals surface area contributed by atoms with E-state index < -0.39 is 9.84 Å². The van der Waals surface area contributed by atoms with E-state index in [2.05, 4.69) is 57.8 Å². The van der Waals surface area contributed by atoms with Gasteiger partial charge >= 0.3 is 0 Å². The summed E-state index contributed by atoms with van der Waals surface area (Å²) in [7, 11) is -0.751. The van der Waals surface area contributed by atoms with Gasteiger partial charge in [0.05, 0.1) is 5.75 Å². The van der Waals surface area contributed by atoms with Crippen LogP contribution in [-0.4, -0.2) is 88.5 Å². The highest BCUT2D eigenvalue weighted by molar-refractivity contribution is 7.90. The van der Waals surface area contributed by atoms with Crippen LogP contribution in [0.3, 0.4) is 0 Å². The van der Waals surface area contributed by atoms with Crippen molar-refractivity contribution in [1.82, 2.24) is 20.4 Å². The van der Waals surface area contributed by atoms with Crippen molar-refractivity contribution in [1.29, 1.82) is 0 Å². The molecule has 8 heteroatoms. The highest BCUT2D eigenvalue weighted by atomic mass is 32.2. The van der Waals surface area contributed by atoms with Crippen molar-refractivity contribution in [2.75, 3.05) is 58.3 Å². The van der Waals surface area contributed by atoms with Crippen LogP contribution in [-0.2, 0) is 9.84 Å². The van der Waals surface area contributed by atoms with Gasteiger partial charge in [0.2, 0.25) is 0 Å². The number of sulfone groups is 1. The predicted octanol–water partition coefficient (Wildman–Crippen LogP) is 1.74. The molecule has 0 spiro atoms. The largest absolute Gasteiger partial charge is 0.357 e. The Morgan fingerprint density at radius 3 is 2.67 bits per heavy atom. The van der Waals surface area contributed by atoms with Crippen molar-refractivity contribution in [3.05, 3.63) is 35.9 Å². The zero-order valence-corrected chi connectivity index (χ0v) is 19.8. The van der Waals surface area contributed by atoms with E-state index in [1.807, 2.05) is 13.8 Å². The topological polar surface area (TPSA) is 77.0 Å². The Labute approximate surface area is 182 Å². The highest BCUT2D eigenvalue weighted by Gasteiger charge is 2.25. The van der Waals surface area contributed by atoms with Crippen molar-refractivity contribution in [3.8, 4) is 0 Å². The summed E-state index contributed by atoms with van der Waals surface area (Å²) in [6, 6.07) is 11.2. The number of nitrogens with one attached hydrogen (secondary N) is 2. The van der Waals surface area contributed by atoms with E-state index in [1.165, 1.54) is 11.8 Å². The number of likely N-dealkylation sites (N-methyl/N-ethyl adjacent to an activating group) is 1. The van der Waals surface area contributed by atoms with Crippen LogP contribution in [0, 0.1) is 0 Å². The highest BCUT2D eigenvalue weighted by Crippen LogP contribution is 2.24. The summed E-state index contributed by atoms with van der Waals surface area (Å²) in [4.78, 5) is 9.67. The Bertz CT molecular complexity index is 754. The molecule has 0 amide bonds. The second-order valence-electron chi connectivity index (χ2n) is 8.30. The third kappa shape index (κ3) is 9.02. The second-order valence-corrected chi connectivity index (χ2v) is 10.6. The van der Waals surface area contributed by atoms with Crippen molar-refractivity contribution < 1.29 is 8.42 Å². The summed E-state index contributed by atoms with van der Waals surface area (Å²) in [5.41, 5.74) is 1.38. The predicted molar refractivity (Wildman–Crippen MR) is 126 cm³/mol. The van der Waals surface area contributed by atoms with Crippen molar-refractivity contribution in [3.63, 3.8) is 0 Å². The standard InChI is InChI=1S/C22H39N5O2S/c1-5-23-22(25-19(2)12-17-30(4,28)29)24-13-9-14-27-16-15-26(3)18-21(27)20-10-7-6-8-11-20/h6-8,10-11,19,21H,5,9,12-18H2,1-4H3,(H2,23,24,25). The van der Waals surface area contributed by atoms with Crippen LogP contribution in [0.4, 0.5) is 0 Å². The molecule has 2 rings (SSSR count). The maximum absolute atomic E-state index is 11.4. The third-order valence-electron chi connectivity index (χ3n) is 5.40. The lowest BCUT2D eigenvalue weighted by atomic mass is 10.0. The summed E-state index contributed by atoms with van der Waals surface area (Å²) in [6.45, 7) is 9.77. The molecule has 1 aliphatic heterocycles. The van der Waals surface area contributed by atoms with Gasteiger partial charge in [-0.05, 0) is 39.3 Å². The minimum absolute atomic E-state index is 0.0533. The Kier molecular flexibility index (Phi) is 10.1. The number of benzene rings is 1. The van der Waals surface area contributed by atoms with Gasteiger partial charge < -0.3 is 15.5 Å². The van der Waals surface area contributed by atoms with Crippen LogP contribution in [0.5, 0.6) is 0 Å². The number of aliphatic imine (C=N–C) groups is 1. The third-order valence-corrected chi connectivity index (χ3v) is 6.38. The summed E-state index contributed by atoms with van der Waals surface area (Å²) in [5.74, 6) is 0.946. The first-order valence-corrected chi connectivity index (χ1v) is 13.0. The van der Waals surface area contributed by atoms with E-state index in [1.54, 1.807) is 0 Å². The van der Waals surface area contributed by atoms with Crippen LogP contribution in [0.15, 0.2) is 35.3 Å². The first-order valence-electron chi connectivity index (χ1n) is 11.0. The molecule has 1 fully saturated rings. The van der Waals surface area contributed by atoms with Gasteiger partial charge in [-0.2, -0.15) is 0 Å². The van der Waals surface area contributed by atoms with Crippen molar-refractivity contribution >= 4 is 15.8 Å². The Balaban J connectivity index is 1.86. The summed E-state index contributed by atoms with van der Waals surface area (Å²) < 4.78 is 22.8. The molecular formula is C22H39N5O2S. The van der Waals surface area contributed by atoms with Gasteiger partial charge in [0.15, 0.2) is 5.96 Å². The Morgan fingerprint density at radius 1 is 1.27 bits per heavy atom. The van der Waals surface area contributed by atoms with Crippen LogP contribution in [0.25, 0.3) is 0 Å².